The van der Waals surface area contributed by atoms with Crippen molar-refractivity contribution in [3.8, 4) is 0 Å². The highest BCUT2D eigenvalue weighted by atomic mass is 32.2. The van der Waals surface area contributed by atoms with Crippen LogP contribution in [0.1, 0.15) is 29.6 Å². The van der Waals surface area contributed by atoms with E-state index in [1.165, 1.54) is 19.0 Å². The molecule has 1 aromatic heterocycles. The van der Waals surface area contributed by atoms with Crippen molar-refractivity contribution in [2.45, 2.75) is 31.0 Å². The second-order valence-corrected chi connectivity index (χ2v) is 6.58. The summed E-state index contributed by atoms with van der Waals surface area (Å²) >= 11 is 1.55. The van der Waals surface area contributed by atoms with Crippen molar-refractivity contribution in [1.29, 1.82) is 0 Å². The van der Waals surface area contributed by atoms with Gasteiger partial charge in [-0.25, -0.2) is 4.98 Å². The van der Waals surface area contributed by atoms with Crippen LogP contribution in [-0.2, 0) is 6.54 Å². The van der Waals surface area contributed by atoms with Crippen LogP contribution in [0, 0.1) is 5.92 Å². The van der Waals surface area contributed by atoms with E-state index in [-0.39, 0.29) is 17.0 Å². The fourth-order valence-corrected chi connectivity index (χ4v) is 3.74. The number of fused-ring (bicyclic) bond motifs is 1. The van der Waals surface area contributed by atoms with E-state index in [0.717, 1.165) is 25.3 Å². The Morgan fingerprint density at radius 1 is 1.57 bits per heavy atom. The van der Waals surface area contributed by atoms with Crippen molar-refractivity contribution in [1.82, 2.24) is 20.2 Å². The summed E-state index contributed by atoms with van der Waals surface area (Å²) in [6, 6.07) is 0. The van der Waals surface area contributed by atoms with Crippen LogP contribution in [0.4, 0.5) is 0 Å². The van der Waals surface area contributed by atoms with Crippen molar-refractivity contribution >= 4 is 17.7 Å². The van der Waals surface area contributed by atoms with Gasteiger partial charge in [0.2, 0.25) is 0 Å². The molecule has 2 aliphatic heterocycles. The Hall–Kier alpha value is -1.34. The van der Waals surface area contributed by atoms with Gasteiger partial charge in [-0.3, -0.25) is 14.2 Å². The molecule has 1 aromatic rings. The first-order valence-electron chi connectivity index (χ1n) is 7.47. The molecule has 7 heteroatoms. The number of amides is 1. The Labute approximate surface area is 127 Å². The monoisotopic (exact) mass is 308 g/mol. The van der Waals surface area contributed by atoms with Gasteiger partial charge in [0.25, 0.3) is 11.5 Å². The predicted octanol–water partition coefficient (Wildman–Crippen LogP) is 0.468. The molecule has 2 aliphatic rings. The van der Waals surface area contributed by atoms with E-state index in [9.17, 15) is 9.59 Å². The maximum absolute atomic E-state index is 12.2. The largest absolute Gasteiger partial charge is 0.352 e. The summed E-state index contributed by atoms with van der Waals surface area (Å²) < 4.78 is 1.59. The van der Waals surface area contributed by atoms with E-state index in [1.807, 2.05) is 0 Å². The number of piperidine rings is 1. The fourth-order valence-electron chi connectivity index (χ4n) is 2.83. The van der Waals surface area contributed by atoms with E-state index in [2.05, 4.69) is 15.6 Å². The Morgan fingerprint density at radius 3 is 3.29 bits per heavy atom. The van der Waals surface area contributed by atoms with Crippen LogP contribution >= 0.6 is 11.8 Å². The van der Waals surface area contributed by atoms with E-state index in [4.69, 9.17) is 0 Å². The second kappa shape index (κ2) is 6.62. The normalized spacial score (nSPS) is 21.0. The fraction of sp³-hybridized carbons (Fsp3) is 0.643. The molecule has 1 saturated heterocycles. The number of aromatic nitrogens is 2. The molecule has 0 aliphatic carbocycles. The van der Waals surface area contributed by atoms with Gasteiger partial charge in [0.1, 0.15) is 5.56 Å². The van der Waals surface area contributed by atoms with Crippen LogP contribution < -0.4 is 16.2 Å². The maximum atomic E-state index is 12.2. The molecule has 1 unspecified atom stereocenters. The first-order chi connectivity index (χ1) is 10.3. The van der Waals surface area contributed by atoms with Crippen molar-refractivity contribution in [3.63, 3.8) is 0 Å². The SMILES string of the molecule is O=C(NCCC1CCCNC1)c1cnc2n(c1=O)CCS2. The summed E-state index contributed by atoms with van der Waals surface area (Å²) in [7, 11) is 0. The highest BCUT2D eigenvalue weighted by Crippen LogP contribution is 2.20. The molecule has 2 N–H and O–H groups in total. The van der Waals surface area contributed by atoms with Gasteiger partial charge in [0.15, 0.2) is 5.16 Å². The third kappa shape index (κ3) is 3.29. The van der Waals surface area contributed by atoms with E-state index in [1.54, 1.807) is 16.3 Å². The molecule has 0 aromatic carbocycles. The number of carbonyl (C=O) groups is 1. The van der Waals surface area contributed by atoms with Crippen LogP contribution in [0.3, 0.4) is 0 Å². The van der Waals surface area contributed by atoms with Crippen LogP contribution in [0.5, 0.6) is 0 Å². The first kappa shape index (κ1) is 14.6. The quantitative estimate of drug-likeness (QED) is 0.791. The molecule has 0 spiro atoms. The molecule has 3 heterocycles. The predicted molar refractivity (Wildman–Crippen MR) is 81.8 cm³/mol. The molecule has 0 saturated carbocycles. The van der Waals surface area contributed by atoms with Gasteiger partial charge in [0.05, 0.1) is 0 Å². The minimum atomic E-state index is -0.302. The Morgan fingerprint density at radius 2 is 2.48 bits per heavy atom. The summed E-state index contributed by atoms with van der Waals surface area (Å²) in [5.74, 6) is 1.17. The molecule has 114 valence electrons. The zero-order chi connectivity index (χ0) is 14.7. The molecule has 0 radical (unpaired) electrons. The number of nitrogens with zero attached hydrogens (tertiary/aromatic N) is 2. The summed E-state index contributed by atoms with van der Waals surface area (Å²) in [5.41, 5.74) is -0.0650. The number of nitrogens with one attached hydrogen (secondary N) is 2. The third-order valence-corrected chi connectivity index (χ3v) is 5.01. The average Bonchev–Trinajstić information content (AvgIpc) is 2.98. The number of thioether (sulfide) groups is 1. The molecular formula is C14H20N4O2S. The number of hydrogen-bond donors (Lipinski definition) is 2. The van der Waals surface area contributed by atoms with Gasteiger partial charge >= 0.3 is 0 Å². The van der Waals surface area contributed by atoms with Crippen molar-refractivity contribution in [2.75, 3.05) is 25.4 Å². The Balaban J connectivity index is 1.57. The summed E-state index contributed by atoms with van der Waals surface area (Å²) in [6.07, 6.45) is 4.77. The lowest BCUT2D eigenvalue weighted by atomic mass is 9.96. The van der Waals surface area contributed by atoms with Crippen LogP contribution in [0.15, 0.2) is 16.1 Å². The lowest BCUT2D eigenvalue weighted by Crippen LogP contribution is -2.36. The lowest BCUT2D eigenvalue weighted by molar-refractivity contribution is 0.0947. The van der Waals surface area contributed by atoms with Gasteiger partial charge < -0.3 is 10.6 Å². The lowest BCUT2D eigenvalue weighted by Gasteiger charge is -2.22. The highest BCUT2D eigenvalue weighted by Gasteiger charge is 2.20. The number of rotatable bonds is 4. The zero-order valence-corrected chi connectivity index (χ0v) is 12.7. The van der Waals surface area contributed by atoms with Crippen molar-refractivity contribution in [2.24, 2.45) is 5.92 Å². The third-order valence-electron chi connectivity index (χ3n) is 4.04. The molecule has 0 bridgehead atoms. The smallest absolute Gasteiger partial charge is 0.267 e. The first-order valence-corrected chi connectivity index (χ1v) is 8.46. The van der Waals surface area contributed by atoms with Gasteiger partial charge in [-0.2, -0.15) is 0 Å². The minimum Gasteiger partial charge on any atom is -0.352 e. The zero-order valence-electron chi connectivity index (χ0n) is 11.9. The van der Waals surface area contributed by atoms with Gasteiger partial charge in [-0.1, -0.05) is 11.8 Å². The highest BCUT2D eigenvalue weighted by molar-refractivity contribution is 7.99. The Kier molecular flexibility index (Phi) is 4.60. The summed E-state index contributed by atoms with van der Waals surface area (Å²) in [5, 5.41) is 6.93. The van der Waals surface area contributed by atoms with Crippen LogP contribution in [-0.4, -0.2) is 40.8 Å². The van der Waals surface area contributed by atoms with Gasteiger partial charge in [0, 0.05) is 25.0 Å². The minimum absolute atomic E-state index is 0.156. The van der Waals surface area contributed by atoms with E-state index in [0.29, 0.717) is 24.2 Å². The molecule has 3 rings (SSSR count). The van der Waals surface area contributed by atoms with Gasteiger partial charge in [-0.15, -0.1) is 0 Å². The Bertz CT molecular complexity index is 581. The molecule has 1 amide bonds. The van der Waals surface area contributed by atoms with E-state index < -0.39 is 0 Å². The molecule has 1 fully saturated rings. The maximum Gasteiger partial charge on any atom is 0.267 e. The van der Waals surface area contributed by atoms with Crippen LogP contribution in [0.25, 0.3) is 0 Å². The van der Waals surface area contributed by atoms with Crippen molar-refractivity contribution < 1.29 is 4.79 Å². The molecular weight excluding hydrogens is 288 g/mol. The molecule has 21 heavy (non-hydrogen) atoms. The number of hydrogen-bond acceptors (Lipinski definition) is 5. The second-order valence-electron chi connectivity index (χ2n) is 5.52. The molecule has 6 nitrogen and oxygen atoms in total. The topological polar surface area (TPSA) is 76.0 Å². The van der Waals surface area contributed by atoms with E-state index >= 15 is 0 Å². The summed E-state index contributed by atoms with van der Waals surface area (Å²) in [4.78, 5) is 28.5. The molecule has 1 atom stereocenters. The standard InChI is InChI=1S/C14H20N4O2S/c19-12(16-5-3-10-2-1-4-15-8-10)11-9-17-14-18(13(11)20)6-7-21-14/h9-10,15H,1-8H2,(H,16,19). The summed E-state index contributed by atoms with van der Waals surface area (Å²) in [6.45, 7) is 3.37. The van der Waals surface area contributed by atoms with Crippen molar-refractivity contribution in [3.05, 3.63) is 22.1 Å². The van der Waals surface area contributed by atoms with Gasteiger partial charge in [-0.05, 0) is 38.3 Å². The van der Waals surface area contributed by atoms with Crippen LogP contribution in [0.2, 0.25) is 0 Å². The number of carbonyl (C=O) groups excluding carboxylic acids is 1. The average molecular weight is 308 g/mol.